The Hall–Kier alpha value is -2.34. The van der Waals surface area contributed by atoms with Crippen LogP contribution in [0.3, 0.4) is 0 Å². The van der Waals surface area contributed by atoms with Crippen LogP contribution in [0.2, 0.25) is 0 Å². The minimum absolute atomic E-state index is 0.0681. The van der Waals surface area contributed by atoms with Crippen LogP contribution in [0.5, 0.6) is 5.75 Å². The van der Waals surface area contributed by atoms with Crippen LogP contribution in [0.25, 0.3) is 0 Å². The number of rotatable bonds is 3. The zero-order valence-electron chi connectivity index (χ0n) is 13.6. The lowest BCUT2D eigenvalue weighted by Gasteiger charge is -2.38. The maximum atomic E-state index is 11.3. The lowest BCUT2D eigenvalue weighted by Crippen LogP contribution is -2.29. The fourth-order valence-corrected chi connectivity index (χ4v) is 4.18. The molecule has 0 saturated carbocycles. The minimum atomic E-state index is -0.364. The van der Waals surface area contributed by atoms with Gasteiger partial charge >= 0.3 is 0 Å². The highest BCUT2D eigenvalue weighted by Gasteiger charge is 2.40. The molecule has 0 radical (unpaired) electrons. The Kier molecular flexibility index (Phi) is 4.00. The highest BCUT2D eigenvalue weighted by atomic mass is 79.9. The molecule has 1 heterocycles. The molecule has 0 spiro atoms. The number of benzene rings is 2. The first-order valence-electron chi connectivity index (χ1n) is 8.13. The van der Waals surface area contributed by atoms with Gasteiger partial charge in [0.15, 0.2) is 0 Å². The first-order valence-corrected chi connectivity index (χ1v) is 8.93. The fourth-order valence-electron chi connectivity index (χ4n) is 3.92. The van der Waals surface area contributed by atoms with Gasteiger partial charge in [0.2, 0.25) is 0 Å². The highest BCUT2D eigenvalue weighted by Crippen LogP contribution is 2.53. The lowest BCUT2D eigenvalue weighted by molar-refractivity contribution is -0.385. The number of halogens is 1. The minimum Gasteiger partial charge on any atom is -0.494 e. The first kappa shape index (κ1) is 16.1. The molecule has 1 aliphatic heterocycles. The van der Waals surface area contributed by atoms with Crippen LogP contribution >= 0.6 is 15.9 Å². The van der Waals surface area contributed by atoms with Gasteiger partial charge in [-0.3, -0.25) is 10.1 Å². The molecule has 5 nitrogen and oxygen atoms in total. The predicted octanol–water partition coefficient (Wildman–Crippen LogP) is 5.19. The van der Waals surface area contributed by atoms with Crippen molar-refractivity contribution in [3.63, 3.8) is 0 Å². The average Bonchev–Trinajstić information content (AvgIpc) is 3.10. The van der Waals surface area contributed by atoms with E-state index in [9.17, 15) is 10.1 Å². The summed E-state index contributed by atoms with van der Waals surface area (Å²) >= 11 is 3.48. The largest absolute Gasteiger partial charge is 0.494 e. The van der Waals surface area contributed by atoms with E-state index < -0.39 is 0 Å². The SMILES string of the molecule is COc1cc([N+](=O)[O-])cc2c1N[C@H](c1ccc(Br)cc1)[C@@H]1CC=C[C@H]21. The Morgan fingerprint density at radius 1 is 1.28 bits per heavy atom. The Labute approximate surface area is 154 Å². The Morgan fingerprint density at radius 2 is 2.04 bits per heavy atom. The number of methoxy groups -OCH3 is 1. The van der Waals surface area contributed by atoms with Crippen LogP contribution in [0.15, 0.2) is 53.0 Å². The van der Waals surface area contributed by atoms with Crippen molar-refractivity contribution >= 4 is 27.3 Å². The van der Waals surface area contributed by atoms with E-state index in [1.807, 2.05) is 12.1 Å². The molecule has 2 aromatic carbocycles. The van der Waals surface area contributed by atoms with Gasteiger partial charge in [-0.2, -0.15) is 0 Å². The number of non-ortho nitro benzene ring substituents is 1. The van der Waals surface area contributed by atoms with E-state index in [0.29, 0.717) is 11.7 Å². The molecule has 0 aromatic heterocycles. The molecular formula is C19H17BrN2O3. The van der Waals surface area contributed by atoms with Crippen LogP contribution in [0.4, 0.5) is 11.4 Å². The number of fused-ring (bicyclic) bond motifs is 3. The summed E-state index contributed by atoms with van der Waals surface area (Å²) in [7, 11) is 1.55. The zero-order chi connectivity index (χ0) is 17.6. The predicted molar refractivity (Wildman–Crippen MR) is 100 cm³/mol. The maximum Gasteiger partial charge on any atom is 0.273 e. The summed E-state index contributed by atoms with van der Waals surface area (Å²) < 4.78 is 6.50. The van der Waals surface area contributed by atoms with Gasteiger partial charge in [-0.05, 0) is 35.6 Å². The van der Waals surface area contributed by atoms with E-state index in [4.69, 9.17) is 4.74 Å². The third-order valence-electron chi connectivity index (χ3n) is 5.08. The number of anilines is 1. The molecule has 0 saturated heterocycles. The van der Waals surface area contributed by atoms with Crippen molar-refractivity contribution in [2.45, 2.75) is 18.4 Å². The number of nitrogens with one attached hydrogen (secondary N) is 1. The number of nitro benzene ring substituents is 1. The topological polar surface area (TPSA) is 64.4 Å². The van der Waals surface area contributed by atoms with E-state index in [1.165, 1.54) is 11.6 Å². The van der Waals surface area contributed by atoms with Crippen molar-refractivity contribution in [1.82, 2.24) is 0 Å². The Balaban J connectivity index is 1.84. The molecule has 0 bridgehead atoms. The summed E-state index contributed by atoms with van der Waals surface area (Å²) in [5.41, 5.74) is 3.07. The van der Waals surface area contributed by atoms with E-state index in [-0.39, 0.29) is 22.6 Å². The summed E-state index contributed by atoms with van der Waals surface area (Å²) in [6.07, 6.45) is 5.28. The third-order valence-corrected chi connectivity index (χ3v) is 5.61. The molecule has 2 aliphatic rings. The van der Waals surface area contributed by atoms with Crippen LogP contribution in [-0.2, 0) is 0 Å². The molecule has 128 valence electrons. The summed E-state index contributed by atoms with van der Waals surface area (Å²) in [5, 5.41) is 14.9. The molecule has 3 atom stereocenters. The molecule has 1 aliphatic carbocycles. The molecule has 6 heteroatoms. The van der Waals surface area contributed by atoms with Crippen molar-refractivity contribution in [1.29, 1.82) is 0 Å². The van der Waals surface area contributed by atoms with Crippen LogP contribution in [-0.4, -0.2) is 12.0 Å². The van der Waals surface area contributed by atoms with Gasteiger partial charge in [0, 0.05) is 16.5 Å². The number of nitrogens with zero attached hydrogens (tertiary/aromatic N) is 1. The second kappa shape index (κ2) is 6.19. The first-order chi connectivity index (χ1) is 12.1. The van der Waals surface area contributed by atoms with Crippen molar-refractivity contribution < 1.29 is 9.66 Å². The van der Waals surface area contributed by atoms with Crippen LogP contribution < -0.4 is 10.1 Å². The molecule has 2 aromatic rings. The monoisotopic (exact) mass is 400 g/mol. The third kappa shape index (κ3) is 2.70. The van der Waals surface area contributed by atoms with Gasteiger partial charge in [-0.1, -0.05) is 40.2 Å². The molecule has 0 unspecified atom stereocenters. The quantitative estimate of drug-likeness (QED) is 0.437. The molecular weight excluding hydrogens is 384 g/mol. The fraction of sp³-hybridized carbons (Fsp3) is 0.263. The Bertz CT molecular complexity index is 864. The van der Waals surface area contributed by atoms with Gasteiger partial charge in [0.1, 0.15) is 5.75 Å². The van der Waals surface area contributed by atoms with Gasteiger partial charge < -0.3 is 10.1 Å². The number of hydrogen-bond donors (Lipinski definition) is 1. The standard InChI is InChI=1S/C19H17BrN2O3/c1-25-17-10-13(22(23)24)9-16-14-3-2-4-15(14)18(21-19(16)17)11-5-7-12(20)8-6-11/h2-3,5-10,14-15,18,21H,4H2,1H3/t14-,15+,18+/m0/s1. The van der Waals surface area contributed by atoms with E-state index in [2.05, 4.69) is 45.5 Å². The summed E-state index contributed by atoms with van der Waals surface area (Å²) in [4.78, 5) is 10.9. The van der Waals surface area contributed by atoms with Gasteiger partial charge in [-0.15, -0.1) is 0 Å². The van der Waals surface area contributed by atoms with Gasteiger partial charge in [-0.25, -0.2) is 0 Å². The van der Waals surface area contributed by atoms with Crippen molar-refractivity contribution in [2.24, 2.45) is 5.92 Å². The summed E-state index contributed by atoms with van der Waals surface area (Å²) in [5.74, 6) is 1.00. The number of nitro groups is 1. The summed E-state index contributed by atoms with van der Waals surface area (Å²) in [6, 6.07) is 11.6. The molecule has 0 fully saturated rings. The Morgan fingerprint density at radius 3 is 2.72 bits per heavy atom. The van der Waals surface area contributed by atoms with Crippen molar-refractivity contribution in [3.05, 3.63) is 74.3 Å². The van der Waals surface area contributed by atoms with Crippen LogP contribution in [0.1, 0.15) is 29.5 Å². The van der Waals surface area contributed by atoms with Crippen LogP contribution in [0, 0.1) is 16.0 Å². The van der Waals surface area contributed by atoms with Gasteiger partial charge in [0.05, 0.1) is 29.8 Å². The smallest absolute Gasteiger partial charge is 0.273 e. The normalized spacial score (nSPS) is 23.5. The zero-order valence-corrected chi connectivity index (χ0v) is 15.2. The maximum absolute atomic E-state index is 11.3. The lowest BCUT2D eigenvalue weighted by atomic mass is 9.76. The summed E-state index contributed by atoms with van der Waals surface area (Å²) in [6.45, 7) is 0. The number of allylic oxidation sites excluding steroid dienone is 2. The molecule has 25 heavy (non-hydrogen) atoms. The van der Waals surface area contributed by atoms with Crippen molar-refractivity contribution in [3.8, 4) is 5.75 Å². The van der Waals surface area contributed by atoms with E-state index in [0.717, 1.165) is 22.1 Å². The van der Waals surface area contributed by atoms with E-state index in [1.54, 1.807) is 13.2 Å². The van der Waals surface area contributed by atoms with Crippen molar-refractivity contribution in [2.75, 3.05) is 12.4 Å². The molecule has 0 amide bonds. The second-order valence-corrected chi connectivity index (χ2v) is 7.31. The molecule has 4 rings (SSSR count). The molecule has 1 N–H and O–H groups in total. The second-order valence-electron chi connectivity index (χ2n) is 6.40. The average molecular weight is 401 g/mol. The van der Waals surface area contributed by atoms with E-state index >= 15 is 0 Å². The number of hydrogen-bond acceptors (Lipinski definition) is 4. The number of ether oxygens (including phenoxy) is 1. The van der Waals surface area contributed by atoms with Gasteiger partial charge in [0.25, 0.3) is 5.69 Å². The highest BCUT2D eigenvalue weighted by molar-refractivity contribution is 9.10.